The summed E-state index contributed by atoms with van der Waals surface area (Å²) in [5, 5.41) is 0.476. The third-order valence-corrected chi connectivity index (χ3v) is 4.44. The maximum atomic E-state index is 6.48. The second kappa shape index (κ2) is 6.65. The quantitative estimate of drug-likeness (QED) is 0.624. The molecule has 0 bridgehead atoms. The molecule has 0 aliphatic rings. The minimum atomic E-state index is -0.204. The molecule has 2 aromatic rings. The van der Waals surface area contributed by atoms with E-state index in [0.29, 0.717) is 11.6 Å². The van der Waals surface area contributed by atoms with Crippen LogP contribution in [-0.4, -0.2) is 6.61 Å². The summed E-state index contributed by atoms with van der Waals surface area (Å²) >= 11 is 15.9. The van der Waals surface area contributed by atoms with Crippen molar-refractivity contribution >= 4 is 39.1 Å². The molecule has 1 unspecified atom stereocenters. The first-order valence-electron chi connectivity index (χ1n) is 5.93. The lowest BCUT2D eigenvalue weighted by atomic mass is 10.0. The first-order chi connectivity index (χ1) is 9.11. The zero-order chi connectivity index (χ0) is 13.8. The highest BCUT2D eigenvalue weighted by atomic mass is 79.9. The number of benzene rings is 2. The number of hydrogen-bond acceptors (Lipinski definition) is 1. The van der Waals surface area contributed by atoms with Gasteiger partial charge in [0.1, 0.15) is 5.75 Å². The van der Waals surface area contributed by atoms with E-state index < -0.39 is 0 Å². The zero-order valence-corrected chi connectivity index (χ0v) is 13.5. The highest BCUT2D eigenvalue weighted by molar-refractivity contribution is 9.10. The van der Waals surface area contributed by atoms with Gasteiger partial charge in [-0.1, -0.05) is 29.8 Å². The van der Waals surface area contributed by atoms with Crippen LogP contribution in [0.15, 0.2) is 46.9 Å². The number of alkyl halides is 1. The lowest BCUT2D eigenvalue weighted by Crippen LogP contribution is -1.95. The Kier molecular flexibility index (Phi) is 5.14. The summed E-state index contributed by atoms with van der Waals surface area (Å²) in [5.74, 6) is 0.854. The monoisotopic (exact) mass is 358 g/mol. The van der Waals surface area contributed by atoms with Crippen molar-refractivity contribution < 1.29 is 4.74 Å². The van der Waals surface area contributed by atoms with Crippen molar-refractivity contribution in [3.05, 3.63) is 63.1 Å². The third kappa shape index (κ3) is 3.65. The van der Waals surface area contributed by atoms with Gasteiger partial charge in [-0.25, -0.2) is 0 Å². The molecule has 1 atom stereocenters. The van der Waals surface area contributed by atoms with E-state index in [1.807, 2.05) is 49.4 Å². The van der Waals surface area contributed by atoms with Gasteiger partial charge in [0, 0.05) is 4.47 Å². The first kappa shape index (κ1) is 14.7. The van der Waals surface area contributed by atoms with Crippen LogP contribution in [-0.2, 0) is 0 Å². The Labute approximate surface area is 131 Å². The molecule has 2 rings (SSSR count). The van der Waals surface area contributed by atoms with Crippen molar-refractivity contribution in [3.8, 4) is 5.75 Å². The highest BCUT2D eigenvalue weighted by Crippen LogP contribution is 2.33. The van der Waals surface area contributed by atoms with Crippen molar-refractivity contribution in [1.29, 1.82) is 0 Å². The van der Waals surface area contributed by atoms with Gasteiger partial charge >= 0.3 is 0 Å². The highest BCUT2D eigenvalue weighted by Gasteiger charge is 2.12. The van der Waals surface area contributed by atoms with E-state index in [2.05, 4.69) is 15.9 Å². The van der Waals surface area contributed by atoms with E-state index in [-0.39, 0.29) is 5.38 Å². The van der Waals surface area contributed by atoms with E-state index in [0.717, 1.165) is 21.3 Å². The average Bonchev–Trinajstić information content (AvgIpc) is 2.42. The Morgan fingerprint density at radius 2 is 1.74 bits per heavy atom. The Bertz CT molecular complexity index is 555. The van der Waals surface area contributed by atoms with E-state index in [1.165, 1.54) is 0 Å². The van der Waals surface area contributed by atoms with Crippen LogP contribution in [0.5, 0.6) is 5.75 Å². The van der Waals surface area contributed by atoms with Crippen molar-refractivity contribution in [2.45, 2.75) is 12.3 Å². The minimum Gasteiger partial charge on any atom is -0.494 e. The fourth-order valence-corrected chi connectivity index (χ4v) is 2.56. The van der Waals surface area contributed by atoms with E-state index >= 15 is 0 Å². The average molecular weight is 360 g/mol. The molecule has 100 valence electrons. The fourth-order valence-electron chi connectivity index (χ4n) is 1.76. The van der Waals surface area contributed by atoms with Gasteiger partial charge in [0.05, 0.1) is 17.0 Å². The molecule has 0 amide bonds. The second-order valence-corrected chi connectivity index (χ2v) is 5.74. The number of hydrogen-bond donors (Lipinski definition) is 0. The third-order valence-electron chi connectivity index (χ3n) is 2.72. The van der Waals surface area contributed by atoms with Crippen molar-refractivity contribution in [3.63, 3.8) is 0 Å². The number of ether oxygens (including phenoxy) is 1. The molecule has 0 fully saturated rings. The van der Waals surface area contributed by atoms with Crippen LogP contribution < -0.4 is 4.74 Å². The van der Waals surface area contributed by atoms with Crippen LogP contribution in [0.3, 0.4) is 0 Å². The summed E-state index contributed by atoms with van der Waals surface area (Å²) in [7, 11) is 0. The Balaban J connectivity index is 2.22. The Hall–Kier alpha value is -0.700. The van der Waals surface area contributed by atoms with E-state index in [9.17, 15) is 0 Å². The molecular formula is C15H13BrCl2O. The molecule has 1 nitrogen and oxygen atoms in total. The van der Waals surface area contributed by atoms with Gasteiger partial charge in [-0.15, -0.1) is 11.6 Å². The standard InChI is InChI=1S/C15H13BrCl2O/c1-2-19-12-6-3-10(4-7-12)15(18)11-5-8-14(17)13(16)9-11/h3-9,15H,2H2,1H3. The lowest BCUT2D eigenvalue weighted by Gasteiger charge is -2.12. The SMILES string of the molecule is CCOc1ccc(C(Cl)c2ccc(Cl)c(Br)c2)cc1. The summed E-state index contributed by atoms with van der Waals surface area (Å²) in [6.07, 6.45) is 0. The van der Waals surface area contributed by atoms with Crippen LogP contribution in [0.2, 0.25) is 5.02 Å². The van der Waals surface area contributed by atoms with E-state index in [1.54, 1.807) is 0 Å². The zero-order valence-electron chi connectivity index (χ0n) is 10.4. The predicted molar refractivity (Wildman–Crippen MR) is 84.5 cm³/mol. The fraction of sp³-hybridized carbons (Fsp3) is 0.200. The smallest absolute Gasteiger partial charge is 0.119 e. The van der Waals surface area contributed by atoms with Crippen LogP contribution >= 0.6 is 39.1 Å². The summed E-state index contributed by atoms with van der Waals surface area (Å²) < 4.78 is 6.26. The minimum absolute atomic E-state index is 0.204. The molecule has 4 heteroatoms. The topological polar surface area (TPSA) is 9.23 Å². The van der Waals surface area contributed by atoms with Gasteiger partial charge in [0.25, 0.3) is 0 Å². The normalized spacial score (nSPS) is 12.2. The summed E-state index contributed by atoms with van der Waals surface area (Å²) in [5.41, 5.74) is 2.03. The van der Waals surface area contributed by atoms with Crippen LogP contribution in [0, 0.1) is 0 Å². The maximum Gasteiger partial charge on any atom is 0.119 e. The van der Waals surface area contributed by atoms with Gasteiger partial charge in [0.2, 0.25) is 0 Å². The number of halogens is 3. The molecule has 2 aromatic carbocycles. The molecule has 0 aromatic heterocycles. The second-order valence-electron chi connectivity index (χ2n) is 4.04. The summed E-state index contributed by atoms with van der Waals surface area (Å²) in [6.45, 7) is 2.62. The van der Waals surface area contributed by atoms with Crippen LogP contribution in [0.25, 0.3) is 0 Å². The molecular weight excluding hydrogens is 347 g/mol. The van der Waals surface area contributed by atoms with Gasteiger partial charge in [-0.2, -0.15) is 0 Å². The lowest BCUT2D eigenvalue weighted by molar-refractivity contribution is 0.340. The van der Waals surface area contributed by atoms with Crippen molar-refractivity contribution in [1.82, 2.24) is 0 Å². The molecule has 0 aliphatic heterocycles. The van der Waals surface area contributed by atoms with Crippen molar-refractivity contribution in [2.75, 3.05) is 6.61 Å². The Morgan fingerprint density at radius 3 is 2.32 bits per heavy atom. The number of rotatable bonds is 4. The Morgan fingerprint density at radius 1 is 1.11 bits per heavy atom. The molecule has 0 saturated carbocycles. The van der Waals surface area contributed by atoms with Crippen LogP contribution in [0.1, 0.15) is 23.4 Å². The van der Waals surface area contributed by atoms with Gasteiger partial charge < -0.3 is 4.74 Å². The van der Waals surface area contributed by atoms with Crippen molar-refractivity contribution in [2.24, 2.45) is 0 Å². The molecule has 0 spiro atoms. The largest absolute Gasteiger partial charge is 0.494 e. The summed E-state index contributed by atoms with van der Waals surface area (Å²) in [4.78, 5) is 0. The maximum absolute atomic E-state index is 6.48. The predicted octanol–water partition coefficient (Wildman–Crippen LogP) is 5.83. The van der Waals surface area contributed by atoms with Crippen LogP contribution in [0.4, 0.5) is 0 Å². The molecule has 0 aliphatic carbocycles. The molecule has 0 radical (unpaired) electrons. The first-order valence-corrected chi connectivity index (χ1v) is 7.54. The molecule has 0 heterocycles. The van der Waals surface area contributed by atoms with Gasteiger partial charge in [-0.05, 0) is 58.2 Å². The van der Waals surface area contributed by atoms with Gasteiger partial charge in [0.15, 0.2) is 0 Å². The molecule has 0 N–H and O–H groups in total. The van der Waals surface area contributed by atoms with E-state index in [4.69, 9.17) is 27.9 Å². The summed E-state index contributed by atoms with van der Waals surface area (Å²) in [6, 6.07) is 13.5. The molecule has 19 heavy (non-hydrogen) atoms. The van der Waals surface area contributed by atoms with Gasteiger partial charge in [-0.3, -0.25) is 0 Å². The molecule has 0 saturated heterocycles.